The van der Waals surface area contributed by atoms with Gasteiger partial charge < -0.3 is 10.1 Å². The Morgan fingerprint density at radius 2 is 1.58 bits per heavy atom. The third-order valence-corrected chi connectivity index (χ3v) is 6.13. The van der Waals surface area contributed by atoms with Gasteiger partial charge in [0.05, 0.1) is 30.3 Å². The predicted molar refractivity (Wildman–Crippen MR) is 127 cm³/mol. The van der Waals surface area contributed by atoms with Gasteiger partial charge >= 0.3 is 0 Å². The van der Waals surface area contributed by atoms with Crippen molar-refractivity contribution in [1.29, 1.82) is 0 Å². The lowest BCUT2D eigenvalue weighted by Crippen LogP contribution is -2.42. The molecule has 0 amide bonds. The van der Waals surface area contributed by atoms with Crippen molar-refractivity contribution in [2.24, 2.45) is 4.99 Å². The number of pyridine rings is 1. The third kappa shape index (κ3) is 3.25. The van der Waals surface area contributed by atoms with Crippen molar-refractivity contribution in [3.8, 4) is 17.0 Å². The molecule has 1 aromatic heterocycles. The number of rotatable bonds is 5. The molecule has 4 heteroatoms. The second-order valence-electron chi connectivity index (χ2n) is 7.84. The van der Waals surface area contributed by atoms with Crippen LogP contribution in [0.3, 0.4) is 0 Å². The Labute approximate surface area is 182 Å². The van der Waals surface area contributed by atoms with Gasteiger partial charge in [0.15, 0.2) is 5.75 Å². The molecule has 31 heavy (non-hydrogen) atoms. The van der Waals surface area contributed by atoms with Crippen LogP contribution in [0.4, 0.5) is 0 Å². The Morgan fingerprint density at radius 1 is 0.903 bits per heavy atom. The van der Waals surface area contributed by atoms with E-state index in [-0.39, 0.29) is 5.54 Å². The molecule has 1 unspecified atom stereocenters. The monoisotopic (exact) mass is 407 g/mol. The van der Waals surface area contributed by atoms with Crippen LogP contribution in [0.2, 0.25) is 0 Å². The van der Waals surface area contributed by atoms with Gasteiger partial charge in [-0.2, -0.15) is 0 Å². The van der Waals surface area contributed by atoms with Gasteiger partial charge in [-0.1, -0.05) is 85.8 Å². The highest BCUT2D eigenvalue weighted by atomic mass is 16.5. The summed E-state index contributed by atoms with van der Waals surface area (Å²) in [6, 6.07) is 28.9. The first-order valence-electron chi connectivity index (χ1n) is 10.7. The minimum absolute atomic E-state index is 0.223. The number of methoxy groups -OCH3 is 1. The molecular formula is C27H25N3O. The maximum Gasteiger partial charge on any atom is 0.156 e. The van der Waals surface area contributed by atoms with E-state index in [4.69, 9.17) is 14.7 Å². The number of hydrogen-bond donors (Lipinski definition) is 1. The molecule has 0 radical (unpaired) electrons. The SMILES string of the molecule is CCC1(c2ccccc2)CN=C(c2c(OC)c(-c3ccccc3)nc3ccccc23)N1. The first-order valence-corrected chi connectivity index (χ1v) is 10.7. The van der Waals surface area contributed by atoms with Gasteiger partial charge in [0.1, 0.15) is 11.5 Å². The summed E-state index contributed by atoms with van der Waals surface area (Å²) in [5, 5.41) is 4.81. The molecule has 0 saturated carbocycles. The van der Waals surface area contributed by atoms with Crippen LogP contribution in [0.15, 0.2) is 89.9 Å². The number of hydrogen-bond acceptors (Lipinski definition) is 4. The summed E-state index contributed by atoms with van der Waals surface area (Å²) in [5.41, 5.74) is 4.77. The molecule has 0 bridgehead atoms. The van der Waals surface area contributed by atoms with Crippen molar-refractivity contribution in [2.75, 3.05) is 13.7 Å². The smallest absolute Gasteiger partial charge is 0.156 e. The van der Waals surface area contributed by atoms with Crippen LogP contribution in [0, 0.1) is 0 Å². The summed E-state index contributed by atoms with van der Waals surface area (Å²) in [4.78, 5) is 9.95. The summed E-state index contributed by atoms with van der Waals surface area (Å²) in [5.74, 6) is 1.61. The van der Waals surface area contributed by atoms with Gasteiger partial charge in [-0.05, 0) is 18.1 Å². The molecule has 4 nitrogen and oxygen atoms in total. The van der Waals surface area contributed by atoms with Crippen LogP contribution in [0.1, 0.15) is 24.5 Å². The molecule has 1 atom stereocenters. The number of nitrogens with one attached hydrogen (secondary N) is 1. The van der Waals surface area contributed by atoms with E-state index in [9.17, 15) is 0 Å². The molecule has 154 valence electrons. The molecule has 0 spiro atoms. The van der Waals surface area contributed by atoms with Gasteiger partial charge in [0, 0.05) is 10.9 Å². The summed E-state index contributed by atoms with van der Waals surface area (Å²) in [6.45, 7) is 2.89. The Balaban J connectivity index is 1.70. The highest BCUT2D eigenvalue weighted by Crippen LogP contribution is 2.39. The minimum Gasteiger partial charge on any atom is -0.494 e. The molecule has 0 aliphatic carbocycles. The topological polar surface area (TPSA) is 46.5 Å². The second-order valence-corrected chi connectivity index (χ2v) is 7.84. The fourth-order valence-corrected chi connectivity index (χ4v) is 4.41. The number of para-hydroxylation sites is 1. The van der Waals surface area contributed by atoms with Crippen LogP contribution < -0.4 is 10.1 Å². The summed E-state index contributed by atoms with van der Waals surface area (Å²) in [7, 11) is 1.71. The highest BCUT2D eigenvalue weighted by Gasteiger charge is 2.37. The molecule has 4 aromatic rings. The van der Waals surface area contributed by atoms with Crippen molar-refractivity contribution < 1.29 is 4.74 Å². The number of aliphatic imine (C=N–C) groups is 1. The first kappa shape index (κ1) is 19.3. The van der Waals surface area contributed by atoms with Crippen molar-refractivity contribution in [2.45, 2.75) is 18.9 Å². The van der Waals surface area contributed by atoms with Crippen LogP contribution >= 0.6 is 0 Å². The lowest BCUT2D eigenvalue weighted by molar-refractivity contribution is 0.409. The van der Waals surface area contributed by atoms with E-state index in [2.05, 4.69) is 60.8 Å². The van der Waals surface area contributed by atoms with E-state index in [1.165, 1.54) is 5.56 Å². The average Bonchev–Trinajstić information content (AvgIpc) is 3.29. The molecule has 0 saturated heterocycles. The zero-order valence-corrected chi connectivity index (χ0v) is 17.8. The fourth-order valence-electron chi connectivity index (χ4n) is 4.41. The van der Waals surface area contributed by atoms with Gasteiger partial charge in [-0.25, -0.2) is 4.98 Å². The summed E-state index contributed by atoms with van der Waals surface area (Å²) in [6.07, 6.45) is 0.931. The second kappa shape index (κ2) is 7.88. The minimum atomic E-state index is -0.223. The quantitative estimate of drug-likeness (QED) is 0.471. The maximum absolute atomic E-state index is 5.98. The highest BCUT2D eigenvalue weighted by molar-refractivity contribution is 6.13. The predicted octanol–water partition coefficient (Wildman–Crippen LogP) is 5.57. The lowest BCUT2D eigenvalue weighted by Gasteiger charge is -2.29. The Bertz CT molecular complexity index is 1250. The standard InChI is InChI=1S/C27H25N3O/c1-3-27(20-14-8-5-9-15-20)18-28-26(30-27)23-21-16-10-11-17-22(21)29-24(25(23)31-2)19-12-6-4-7-13-19/h4-17H,3,18H2,1-2H3,(H,28,30). The van der Waals surface area contributed by atoms with E-state index < -0.39 is 0 Å². The van der Waals surface area contributed by atoms with Crippen molar-refractivity contribution in [3.05, 3.63) is 96.1 Å². The average molecular weight is 408 g/mol. The molecule has 5 rings (SSSR count). The van der Waals surface area contributed by atoms with Gasteiger partial charge in [-0.15, -0.1) is 0 Å². The fraction of sp³-hybridized carbons (Fsp3) is 0.185. The molecule has 0 fully saturated rings. The number of benzene rings is 3. The van der Waals surface area contributed by atoms with Crippen LogP contribution in [0.25, 0.3) is 22.2 Å². The summed E-state index contributed by atoms with van der Waals surface area (Å²) < 4.78 is 5.98. The largest absolute Gasteiger partial charge is 0.494 e. The number of fused-ring (bicyclic) bond motifs is 1. The Hall–Kier alpha value is -3.66. The molecule has 1 aliphatic heterocycles. The molecular weight excluding hydrogens is 382 g/mol. The maximum atomic E-state index is 5.98. The molecule has 1 aliphatic rings. The van der Waals surface area contributed by atoms with E-state index in [1.54, 1.807) is 7.11 Å². The van der Waals surface area contributed by atoms with E-state index >= 15 is 0 Å². The van der Waals surface area contributed by atoms with E-state index in [0.29, 0.717) is 6.54 Å². The third-order valence-electron chi connectivity index (χ3n) is 6.13. The van der Waals surface area contributed by atoms with Gasteiger partial charge in [0.2, 0.25) is 0 Å². The Kier molecular flexibility index (Phi) is 4.91. The van der Waals surface area contributed by atoms with Crippen molar-refractivity contribution in [1.82, 2.24) is 10.3 Å². The number of amidine groups is 1. The lowest BCUT2D eigenvalue weighted by atomic mass is 9.88. The molecule has 3 aromatic carbocycles. The van der Waals surface area contributed by atoms with Gasteiger partial charge in [0.25, 0.3) is 0 Å². The number of ether oxygens (including phenoxy) is 1. The first-order chi connectivity index (χ1) is 15.3. The zero-order chi connectivity index (χ0) is 21.3. The number of nitrogens with zero attached hydrogens (tertiary/aromatic N) is 2. The van der Waals surface area contributed by atoms with Crippen LogP contribution in [-0.2, 0) is 5.54 Å². The number of aromatic nitrogens is 1. The Morgan fingerprint density at radius 3 is 2.29 bits per heavy atom. The van der Waals surface area contributed by atoms with Crippen molar-refractivity contribution >= 4 is 16.7 Å². The summed E-state index contributed by atoms with van der Waals surface area (Å²) >= 11 is 0. The van der Waals surface area contributed by atoms with Crippen LogP contribution in [-0.4, -0.2) is 24.5 Å². The zero-order valence-electron chi connectivity index (χ0n) is 17.8. The van der Waals surface area contributed by atoms with E-state index in [0.717, 1.165) is 45.7 Å². The van der Waals surface area contributed by atoms with Crippen LogP contribution in [0.5, 0.6) is 5.75 Å². The molecule has 1 N–H and O–H groups in total. The normalized spacial score (nSPS) is 17.9. The molecule has 2 heterocycles. The van der Waals surface area contributed by atoms with Gasteiger partial charge in [-0.3, -0.25) is 4.99 Å². The van der Waals surface area contributed by atoms with E-state index in [1.807, 2.05) is 36.4 Å². The van der Waals surface area contributed by atoms with Crippen molar-refractivity contribution in [3.63, 3.8) is 0 Å².